The van der Waals surface area contributed by atoms with Crippen LogP contribution in [0.2, 0.25) is 0 Å². The molecule has 0 radical (unpaired) electrons. The second-order valence-electron chi connectivity index (χ2n) is 6.31. The zero-order valence-electron chi connectivity index (χ0n) is 12.9. The van der Waals surface area contributed by atoms with E-state index in [4.69, 9.17) is 4.74 Å². The second kappa shape index (κ2) is 7.58. The molecule has 2 atom stereocenters. The molecular formula is C16H27N3O. The summed E-state index contributed by atoms with van der Waals surface area (Å²) < 4.78 is 5.97. The van der Waals surface area contributed by atoms with E-state index in [1.54, 1.807) is 0 Å². The minimum Gasteiger partial charge on any atom is -0.473 e. The van der Waals surface area contributed by atoms with Gasteiger partial charge >= 0.3 is 0 Å². The van der Waals surface area contributed by atoms with Gasteiger partial charge in [-0.05, 0) is 43.7 Å². The molecule has 2 rings (SSSR count). The lowest BCUT2D eigenvalue weighted by atomic mass is 9.88. The Labute approximate surface area is 122 Å². The quantitative estimate of drug-likeness (QED) is 0.867. The van der Waals surface area contributed by atoms with Gasteiger partial charge in [0.25, 0.3) is 0 Å². The Balaban J connectivity index is 1.81. The van der Waals surface area contributed by atoms with Gasteiger partial charge in [-0.3, -0.25) is 0 Å². The Morgan fingerprint density at radius 3 is 2.70 bits per heavy atom. The second-order valence-corrected chi connectivity index (χ2v) is 6.31. The van der Waals surface area contributed by atoms with Crippen molar-refractivity contribution >= 4 is 0 Å². The van der Waals surface area contributed by atoms with E-state index in [1.165, 1.54) is 19.3 Å². The van der Waals surface area contributed by atoms with Crippen LogP contribution in [0.1, 0.15) is 52.1 Å². The topological polar surface area (TPSA) is 47.0 Å². The highest BCUT2D eigenvalue weighted by Gasteiger charge is 2.23. The highest BCUT2D eigenvalue weighted by Crippen LogP contribution is 2.27. The maximum absolute atomic E-state index is 5.97. The SMILES string of the molecule is CC(C)CNCc1ccc(OC2CCCCC2C)nn1. The van der Waals surface area contributed by atoms with Crippen LogP contribution >= 0.6 is 0 Å². The summed E-state index contributed by atoms with van der Waals surface area (Å²) in [4.78, 5) is 0. The molecule has 1 N–H and O–H groups in total. The average Bonchev–Trinajstić information content (AvgIpc) is 2.43. The first-order valence-electron chi connectivity index (χ1n) is 7.85. The van der Waals surface area contributed by atoms with Gasteiger partial charge in [-0.25, -0.2) is 0 Å². The fourth-order valence-corrected chi connectivity index (χ4v) is 2.61. The smallest absolute Gasteiger partial charge is 0.233 e. The molecular weight excluding hydrogens is 250 g/mol. The lowest BCUT2D eigenvalue weighted by Gasteiger charge is -2.28. The predicted molar refractivity (Wildman–Crippen MR) is 80.6 cm³/mol. The molecule has 1 aromatic heterocycles. The standard InChI is InChI=1S/C16H27N3O/c1-12(2)10-17-11-14-8-9-16(19-18-14)20-15-7-5-4-6-13(15)3/h8-9,12-13,15,17H,4-7,10-11H2,1-3H3. The highest BCUT2D eigenvalue weighted by atomic mass is 16.5. The van der Waals surface area contributed by atoms with Crippen LogP contribution in [-0.4, -0.2) is 22.8 Å². The molecule has 1 aromatic rings. The molecule has 0 spiro atoms. The number of hydrogen-bond acceptors (Lipinski definition) is 4. The fourth-order valence-electron chi connectivity index (χ4n) is 2.61. The molecule has 0 bridgehead atoms. The van der Waals surface area contributed by atoms with Crippen molar-refractivity contribution in [3.05, 3.63) is 17.8 Å². The molecule has 0 aromatic carbocycles. The molecule has 1 fully saturated rings. The molecule has 1 heterocycles. The van der Waals surface area contributed by atoms with Crippen LogP contribution in [0.3, 0.4) is 0 Å². The molecule has 1 aliphatic carbocycles. The molecule has 0 saturated heterocycles. The van der Waals surface area contributed by atoms with Crippen molar-refractivity contribution in [1.82, 2.24) is 15.5 Å². The highest BCUT2D eigenvalue weighted by molar-refractivity contribution is 5.12. The Morgan fingerprint density at radius 2 is 2.05 bits per heavy atom. The summed E-state index contributed by atoms with van der Waals surface area (Å²) in [5.41, 5.74) is 0.967. The summed E-state index contributed by atoms with van der Waals surface area (Å²) in [5, 5.41) is 11.8. The van der Waals surface area contributed by atoms with E-state index < -0.39 is 0 Å². The minimum absolute atomic E-state index is 0.308. The summed E-state index contributed by atoms with van der Waals surface area (Å²) in [6.07, 6.45) is 5.30. The van der Waals surface area contributed by atoms with E-state index in [0.717, 1.165) is 25.2 Å². The summed E-state index contributed by atoms with van der Waals surface area (Å²) in [7, 11) is 0. The van der Waals surface area contributed by atoms with E-state index in [2.05, 4.69) is 36.3 Å². The van der Waals surface area contributed by atoms with Crippen molar-refractivity contribution in [3.8, 4) is 5.88 Å². The molecule has 0 amide bonds. The summed E-state index contributed by atoms with van der Waals surface area (Å²) in [6.45, 7) is 8.42. The normalized spacial score (nSPS) is 23.0. The van der Waals surface area contributed by atoms with Crippen LogP contribution in [0.15, 0.2) is 12.1 Å². The van der Waals surface area contributed by atoms with E-state index in [9.17, 15) is 0 Å². The summed E-state index contributed by atoms with van der Waals surface area (Å²) >= 11 is 0. The minimum atomic E-state index is 0.308. The van der Waals surface area contributed by atoms with E-state index in [1.807, 2.05) is 12.1 Å². The first kappa shape index (κ1) is 15.2. The third-order valence-electron chi connectivity index (χ3n) is 3.86. The van der Waals surface area contributed by atoms with Gasteiger partial charge in [-0.1, -0.05) is 27.2 Å². The Kier molecular flexibility index (Phi) is 5.77. The molecule has 20 heavy (non-hydrogen) atoms. The van der Waals surface area contributed by atoms with E-state index >= 15 is 0 Å². The Morgan fingerprint density at radius 1 is 1.25 bits per heavy atom. The number of hydrogen-bond donors (Lipinski definition) is 1. The molecule has 112 valence electrons. The van der Waals surface area contributed by atoms with Crippen LogP contribution in [0.5, 0.6) is 5.88 Å². The molecule has 4 nitrogen and oxygen atoms in total. The van der Waals surface area contributed by atoms with Crippen LogP contribution in [0.4, 0.5) is 0 Å². The Bertz CT molecular complexity index is 391. The van der Waals surface area contributed by atoms with E-state index in [0.29, 0.717) is 23.8 Å². The lowest BCUT2D eigenvalue weighted by molar-refractivity contribution is 0.0964. The molecule has 4 heteroatoms. The molecule has 2 unspecified atom stereocenters. The lowest BCUT2D eigenvalue weighted by Crippen LogP contribution is -2.28. The third-order valence-corrected chi connectivity index (χ3v) is 3.86. The van der Waals surface area contributed by atoms with Crippen molar-refractivity contribution in [2.24, 2.45) is 11.8 Å². The number of nitrogens with zero attached hydrogens (tertiary/aromatic N) is 2. The Hall–Kier alpha value is -1.16. The first-order chi connectivity index (χ1) is 9.65. The fraction of sp³-hybridized carbons (Fsp3) is 0.750. The maximum Gasteiger partial charge on any atom is 0.233 e. The van der Waals surface area contributed by atoms with Gasteiger partial charge in [0.2, 0.25) is 5.88 Å². The van der Waals surface area contributed by atoms with Crippen LogP contribution in [-0.2, 0) is 6.54 Å². The van der Waals surface area contributed by atoms with Crippen LogP contribution < -0.4 is 10.1 Å². The number of nitrogens with one attached hydrogen (secondary N) is 1. The van der Waals surface area contributed by atoms with Crippen molar-refractivity contribution in [2.45, 2.75) is 59.1 Å². The first-order valence-corrected chi connectivity index (χ1v) is 7.85. The zero-order chi connectivity index (χ0) is 14.4. The number of rotatable bonds is 6. The van der Waals surface area contributed by atoms with Crippen LogP contribution in [0, 0.1) is 11.8 Å². The maximum atomic E-state index is 5.97. The van der Waals surface area contributed by atoms with E-state index in [-0.39, 0.29) is 0 Å². The number of aromatic nitrogens is 2. The van der Waals surface area contributed by atoms with Gasteiger partial charge in [0, 0.05) is 12.6 Å². The molecule has 0 aliphatic heterocycles. The van der Waals surface area contributed by atoms with Crippen molar-refractivity contribution in [2.75, 3.05) is 6.54 Å². The van der Waals surface area contributed by atoms with Gasteiger partial charge in [0.05, 0.1) is 5.69 Å². The van der Waals surface area contributed by atoms with Crippen molar-refractivity contribution in [1.29, 1.82) is 0 Å². The zero-order valence-corrected chi connectivity index (χ0v) is 12.9. The summed E-state index contributed by atoms with van der Waals surface area (Å²) in [6, 6.07) is 3.95. The molecule has 1 aliphatic rings. The molecule has 1 saturated carbocycles. The largest absolute Gasteiger partial charge is 0.473 e. The third kappa shape index (κ3) is 4.75. The van der Waals surface area contributed by atoms with Gasteiger partial charge in [-0.15, -0.1) is 5.10 Å². The van der Waals surface area contributed by atoms with Crippen molar-refractivity contribution < 1.29 is 4.74 Å². The predicted octanol–water partition coefficient (Wildman–Crippen LogP) is 3.18. The van der Waals surface area contributed by atoms with Gasteiger partial charge in [0.15, 0.2) is 0 Å². The van der Waals surface area contributed by atoms with Crippen molar-refractivity contribution in [3.63, 3.8) is 0 Å². The summed E-state index contributed by atoms with van der Waals surface area (Å²) in [5.74, 6) is 1.94. The van der Waals surface area contributed by atoms with Crippen LogP contribution in [0.25, 0.3) is 0 Å². The number of ether oxygens (including phenoxy) is 1. The monoisotopic (exact) mass is 277 g/mol. The van der Waals surface area contributed by atoms with Gasteiger partial charge in [0.1, 0.15) is 6.10 Å². The van der Waals surface area contributed by atoms with Gasteiger partial charge < -0.3 is 10.1 Å². The average molecular weight is 277 g/mol. The van der Waals surface area contributed by atoms with Gasteiger partial charge in [-0.2, -0.15) is 5.10 Å².